The maximum Gasteiger partial charge on any atom is 0.0735 e. The second-order valence-electron chi connectivity index (χ2n) is 5.17. The number of aromatic nitrogens is 2. The van der Waals surface area contributed by atoms with Gasteiger partial charge in [0, 0.05) is 17.9 Å². The SMILES string of the molecule is CCc1cc(CC)n(C2CNc3ccccc3C2)n1. The molecule has 2 heterocycles. The van der Waals surface area contributed by atoms with Gasteiger partial charge in [-0.05, 0) is 37.0 Å². The molecule has 19 heavy (non-hydrogen) atoms. The molecule has 1 unspecified atom stereocenters. The number of anilines is 1. The summed E-state index contributed by atoms with van der Waals surface area (Å²) in [6, 6.07) is 11.3. The summed E-state index contributed by atoms with van der Waals surface area (Å²) in [5, 5.41) is 8.30. The summed E-state index contributed by atoms with van der Waals surface area (Å²) in [4.78, 5) is 0. The molecule has 1 N–H and O–H groups in total. The zero-order valence-corrected chi connectivity index (χ0v) is 11.7. The molecule has 3 heteroatoms. The first-order valence-electron chi connectivity index (χ1n) is 7.21. The molecular weight excluding hydrogens is 234 g/mol. The van der Waals surface area contributed by atoms with E-state index in [4.69, 9.17) is 5.10 Å². The molecule has 2 aromatic rings. The van der Waals surface area contributed by atoms with Gasteiger partial charge in [0.2, 0.25) is 0 Å². The van der Waals surface area contributed by atoms with E-state index in [1.165, 1.54) is 22.6 Å². The number of rotatable bonds is 3. The molecule has 0 bridgehead atoms. The number of hydrogen-bond donors (Lipinski definition) is 1. The zero-order valence-electron chi connectivity index (χ0n) is 11.7. The van der Waals surface area contributed by atoms with Gasteiger partial charge in [0.1, 0.15) is 0 Å². The Balaban J connectivity index is 1.90. The van der Waals surface area contributed by atoms with Gasteiger partial charge in [0.15, 0.2) is 0 Å². The number of nitrogens with one attached hydrogen (secondary N) is 1. The molecule has 100 valence electrons. The zero-order chi connectivity index (χ0) is 13.2. The van der Waals surface area contributed by atoms with E-state index in [1.807, 2.05) is 0 Å². The number of hydrogen-bond acceptors (Lipinski definition) is 2. The summed E-state index contributed by atoms with van der Waals surface area (Å²) < 4.78 is 2.24. The molecule has 0 amide bonds. The quantitative estimate of drug-likeness (QED) is 0.912. The monoisotopic (exact) mass is 255 g/mol. The minimum atomic E-state index is 0.435. The molecule has 1 aliphatic heterocycles. The lowest BCUT2D eigenvalue weighted by molar-refractivity contribution is 0.444. The van der Waals surface area contributed by atoms with Gasteiger partial charge in [-0.3, -0.25) is 4.68 Å². The molecule has 3 nitrogen and oxygen atoms in total. The Bertz CT molecular complexity index is 571. The fourth-order valence-corrected chi connectivity index (χ4v) is 2.84. The van der Waals surface area contributed by atoms with Crippen molar-refractivity contribution in [2.24, 2.45) is 0 Å². The van der Waals surface area contributed by atoms with Crippen LogP contribution in [0.5, 0.6) is 0 Å². The van der Waals surface area contributed by atoms with E-state index >= 15 is 0 Å². The lowest BCUT2D eigenvalue weighted by Gasteiger charge is -2.27. The van der Waals surface area contributed by atoms with Gasteiger partial charge in [0.05, 0.1) is 11.7 Å². The second kappa shape index (κ2) is 5.08. The molecule has 0 spiro atoms. The molecule has 1 aromatic heterocycles. The minimum absolute atomic E-state index is 0.435. The fourth-order valence-electron chi connectivity index (χ4n) is 2.84. The molecule has 0 saturated carbocycles. The van der Waals surface area contributed by atoms with Gasteiger partial charge >= 0.3 is 0 Å². The first-order chi connectivity index (χ1) is 9.31. The van der Waals surface area contributed by atoms with Crippen LogP contribution in [0, 0.1) is 0 Å². The Morgan fingerprint density at radius 1 is 1.26 bits per heavy atom. The molecule has 1 aromatic carbocycles. The van der Waals surface area contributed by atoms with Crippen molar-refractivity contribution in [2.75, 3.05) is 11.9 Å². The molecule has 0 radical (unpaired) electrons. The van der Waals surface area contributed by atoms with E-state index in [9.17, 15) is 0 Å². The third kappa shape index (κ3) is 2.25. The average Bonchev–Trinajstić information content (AvgIpc) is 2.90. The normalized spacial score (nSPS) is 17.9. The van der Waals surface area contributed by atoms with Gasteiger partial charge in [0.25, 0.3) is 0 Å². The summed E-state index contributed by atoms with van der Waals surface area (Å²) >= 11 is 0. The van der Waals surface area contributed by atoms with Crippen molar-refractivity contribution < 1.29 is 0 Å². The lowest BCUT2D eigenvalue weighted by atomic mass is 9.99. The van der Waals surface area contributed by atoms with E-state index in [0.717, 1.165) is 25.8 Å². The van der Waals surface area contributed by atoms with Crippen LogP contribution in [0.15, 0.2) is 30.3 Å². The van der Waals surface area contributed by atoms with E-state index in [0.29, 0.717) is 6.04 Å². The highest BCUT2D eigenvalue weighted by Crippen LogP contribution is 2.27. The third-order valence-electron chi connectivity index (χ3n) is 3.94. The van der Waals surface area contributed by atoms with Gasteiger partial charge in [-0.15, -0.1) is 0 Å². The first-order valence-corrected chi connectivity index (χ1v) is 7.21. The van der Waals surface area contributed by atoms with E-state index in [2.05, 4.69) is 54.2 Å². The van der Waals surface area contributed by atoms with Crippen molar-refractivity contribution in [3.63, 3.8) is 0 Å². The summed E-state index contributed by atoms with van der Waals surface area (Å²) in [6.07, 6.45) is 3.13. The van der Waals surface area contributed by atoms with Gasteiger partial charge in [-0.2, -0.15) is 5.10 Å². The Morgan fingerprint density at radius 3 is 2.89 bits per heavy atom. The van der Waals surface area contributed by atoms with Crippen molar-refractivity contribution in [3.05, 3.63) is 47.3 Å². The van der Waals surface area contributed by atoms with Crippen molar-refractivity contribution in [1.82, 2.24) is 9.78 Å². The van der Waals surface area contributed by atoms with Crippen molar-refractivity contribution in [1.29, 1.82) is 0 Å². The Labute approximate surface area is 114 Å². The highest BCUT2D eigenvalue weighted by Gasteiger charge is 2.21. The van der Waals surface area contributed by atoms with Gasteiger partial charge in [-0.25, -0.2) is 0 Å². The maximum atomic E-state index is 4.77. The molecule has 3 rings (SSSR count). The molecule has 0 fully saturated rings. The number of aryl methyl sites for hydroxylation is 2. The van der Waals surface area contributed by atoms with Crippen molar-refractivity contribution in [2.45, 2.75) is 39.2 Å². The van der Waals surface area contributed by atoms with Crippen molar-refractivity contribution in [3.8, 4) is 0 Å². The number of benzene rings is 1. The topological polar surface area (TPSA) is 29.9 Å². The van der Waals surface area contributed by atoms with Crippen LogP contribution >= 0.6 is 0 Å². The number of fused-ring (bicyclic) bond motifs is 1. The minimum Gasteiger partial charge on any atom is -0.383 e. The first kappa shape index (κ1) is 12.3. The Morgan fingerprint density at radius 2 is 2.11 bits per heavy atom. The van der Waals surface area contributed by atoms with Crippen LogP contribution in [0.3, 0.4) is 0 Å². The van der Waals surface area contributed by atoms with Crippen LogP contribution in [0.25, 0.3) is 0 Å². The third-order valence-corrected chi connectivity index (χ3v) is 3.94. The molecule has 0 saturated heterocycles. The largest absolute Gasteiger partial charge is 0.383 e. The smallest absolute Gasteiger partial charge is 0.0735 e. The summed E-state index contributed by atoms with van der Waals surface area (Å²) in [5.74, 6) is 0. The fraction of sp³-hybridized carbons (Fsp3) is 0.438. The summed E-state index contributed by atoms with van der Waals surface area (Å²) in [6.45, 7) is 5.34. The van der Waals surface area contributed by atoms with E-state index in [-0.39, 0.29) is 0 Å². The summed E-state index contributed by atoms with van der Waals surface area (Å²) in [7, 11) is 0. The van der Waals surface area contributed by atoms with Crippen molar-refractivity contribution >= 4 is 5.69 Å². The number of nitrogens with zero attached hydrogens (tertiary/aromatic N) is 2. The van der Waals surface area contributed by atoms with E-state index in [1.54, 1.807) is 0 Å². The van der Waals surface area contributed by atoms with Gasteiger partial charge < -0.3 is 5.32 Å². The molecule has 0 aliphatic carbocycles. The Hall–Kier alpha value is -1.77. The number of para-hydroxylation sites is 1. The predicted octanol–water partition coefficient (Wildman–Crippen LogP) is 3.22. The second-order valence-corrected chi connectivity index (χ2v) is 5.17. The molecule has 1 atom stereocenters. The van der Waals surface area contributed by atoms with Crippen LogP contribution in [-0.2, 0) is 19.3 Å². The van der Waals surface area contributed by atoms with Gasteiger partial charge in [-0.1, -0.05) is 32.0 Å². The molecule has 1 aliphatic rings. The standard InChI is InChI=1S/C16H21N3/c1-3-13-10-14(4-2)19(18-13)15-9-12-7-5-6-8-16(12)17-11-15/h5-8,10,15,17H,3-4,9,11H2,1-2H3. The highest BCUT2D eigenvalue weighted by atomic mass is 15.3. The predicted molar refractivity (Wildman–Crippen MR) is 78.7 cm³/mol. The highest BCUT2D eigenvalue weighted by molar-refractivity contribution is 5.53. The van der Waals surface area contributed by atoms with Crippen LogP contribution in [-0.4, -0.2) is 16.3 Å². The van der Waals surface area contributed by atoms with Crippen LogP contribution in [0.4, 0.5) is 5.69 Å². The Kier molecular flexibility index (Phi) is 3.28. The molecular formula is C16H21N3. The van der Waals surface area contributed by atoms with E-state index < -0.39 is 0 Å². The van der Waals surface area contributed by atoms with Crippen LogP contribution in [0.1, 0.15) is 36.8 Å². The maximum absolute atomic E-state index is 4.77. The lowest BCUT2D eigenvalue weighted by Crippen LogP contribution is -2.28. The van der Waals surface area contributed by atoms with Crippen LogP contribution in [0.2, 0.25) is 0 Å². The van der Waals surface area contributed by atoms with Crippen LogP contribution < -0.4 is 5.32 Å². The average molecular weight is 255 g/mol. The summed E-state index contributed by atoms with van der Waals surface area (Å²) in [5.41, 5.74) is 5.23.